The summed E-state index contributed by atoms with van der Waals surface area (Å²) < 4.78 is 5.16. The van der Waals surface area contributed by atoms with Crippen molar-refractivity contribution >= 4 is 23.4 Å². The first kappa shape index (κ1) is 19.7. The van der Waals surface area contributed by atoms with E-state index in [-0.39, 0.29) is 12.0 Å². The Morgan fingerprint density at radius 1 is 1.04 bits per heavy atom. The number of esters is 1. The zero-order valence-corrected chi connectivity index (χ0v) is 16.7. The van der Waals surface area contributed by atoms with Crippen LogP contribution >= 0.6 is 0 Å². The first-order valence-corrected chi connectivity index (χ1v) is 9.64. The Kier molecular flexibility index (Phi) is 6.19. The van der Waals surface area contributed by atoms with Crippen LogP contribution < -0.4 is 10.2 Å². The molecule has 3 rings (SSSR count). The molecule has 148 valence electrons. The van der Waals surface area contributed by atoms with Crippen LogP contribution in [0.2, 0.25) is 0 Å². The van der Waals surface area contributed by atoms with Gasteiger partial charge in [-0.1, -0.05) is 29.8 Å². The molecule has 1 saturated heterocycles. The number of carbonyl (C=O) groups is 2. The number of carbonyl (C=O) groups excluding carboxylic acids is 2. The number of piperazine rings is 1. The number of urea groups is 1. The molecule has 6 heteroatoms. The van der Waals surface area contributed by atoms with Gasteiger partial charge in [0.05, 0.1) is 17.9 Å². The third-order valence-electron chi connectivity index (χ3n) is 4.93. The van der Waals surface area contributed by atoms with Crippen molar-refractivity contribution in [3.63, 3.8) is 0 Å². The second-order valence-corrected chi connectivity index (χ2v) is 6.96. The summed E-state index contributed by atoms with van der Waals surface area (Å²) in [6.07, 6.45) is 0. The Morgan fingerprint density at radius 3 is 2.43 bits per heavy atom. The summed E-state index contributed by atoms with van der Waals surface area (Å²) in [4.78, 5) is 28.8. The fourth-order valence-corrected chi connectivity index (χ4v) is 3.43. The number of aryl methyl sites for hydroxylation is 2. The second-order valence-electron chi connectivity index (χ2n) is 6.96. The zero-order chi connectivity index (χ0) is 20.1. The highest BCUT2D eigenvalue weighted by Gasteiger charge is 2.24. The number of benzene rings is 2. The van der Waals surface area contributed by atoms with Crippen LogP contribution in [0.1, 0.15) is 28.4 Å². The quantitative estimate of drug-likeness (QED) is 0.818. The van der Waals surface area contributed by atoms with Crippen LogP contribution in [0.5, 0.6) is 0 Å². The van der Waals surface area contributed by atoms with Gasteiger partial charge in [-0.25, -0.2) is 9.59 Å². The predicted octanol–water partition coefficient (Wildman–Crippen LogP) is 3.83. The van der Waals surface area contributed by atoms with Gasteiger partial charge in [0.2, 0.25) is 0 Å². The zero-order valence-electron chi connectivity index (χ0n) is 16.7. The number of amides is 2. The molecule has 0 aliphatic carbocycles. The van der Waals surface area contributed by atoms with Gasteiger partial charge >= 0.3 is 12.0 Å². The second kappa shape index (κ2) is 8.78. The molecule has 0 saturated carbocycles. The largest absolute Gasteiger partial charge is 0.462 e. The summed E-state index contributed by atoms with van der Waals surface area (Å²) in [5, 5.41) is 3.00. The monoisotopic (exact) mass is 381 g/mol. The number of rotatable bonds is 4. The van der Waals surface area contributed by atoms with Crippen LogP contribution in [0.15, 0.2) is 42.5 Å². The smallest absolute Gasteiger partial charge is 0.340 e. The van der Waals surface area contributed by atoms with E-state index >= 15 is 0 Å². The summed E-state index contributed by atoms with van der Waals surface area (Å²) in [6, 6.07) is 13.4. The molecule has 1 fully saturated rings. The molecule has 0 bridgehead atoms. The molecule has 1 N–H and O–H groups in total. The van der Waals surface area contributed by atoms with Crippen molar-refractivity contribution in [2.24, 2.45) is 0 Å². The molecule has 6 nitrogen and oxygen atoms in total. The first-order chi connectivity index (χ1) is 13.5. The molecule has 1 heterocycles. The molecule has 0 unspecified atom stereocenters. The van der Waals surface area contributed by atoms with E-state index in [2.05, 4.69) is 16.3 Å². The molecule has 1 aliphatic heterocycles. The maximum Gasteiger partial charge on any atom is 0.340 e. The van der Waals surface area contributed by atoms with Crippen LogP contribution in [0.4, 0.5) is 16.2 Å². The Balaban J connectivity index is 1.63. The van der Waals surface area contributed by atoms with E-state index in [4.69, 9.17) is 4.74 Å². The number of nitrogens with one attached hydrogen (secondary N) is 1. The van der Waals surface area contributed by atoms with Gasteiger partial charge in [-0.3, -0.25) is 0 Å². The van der Waals surface area contributed by atoms with Crippen molar-refractivity contribution < 1.29 is 14.3 Å². The molecule has 1 aliphatic rings. The minimum Gasteiger partial charge on any atom is -0.462 e. The van der Waals surface area contributed by atoms with Gasteiger partial charge in [-0.05, 0) is 44.5 Å². The molecule has 0 atom stereocenters. The molecular formula is C22H27N3O3. The first-order valence-electron chi connectivity index (χ1n) is 9.64. The Bertz CT molecular complexity index is 858. The Labute approximate surface area is 166 Å². The van der Waals surface area contributed by atoms with Gasteiger partial charge in [-0.15, -0.1) is 0 Å². The minimum absolute atomic E-state index is 0.0923. The lowest BCUT2D eigenvalue weighted by atomic mass is 10.1. The fraction of sp³-hybridized carbons (Fsp3) is 0.364. The van der Waals surface area contributed by atoms with Crippen molar-refractivity contribution in [2.45, 2.75) is 20.8 Å². The third-order valence-corrected chi connectivity index (χ3v) is 4.93. The maximum absolute atomic E-state index is 12.6. The average molecular weight is 381 g/mol. The highest BCUT2D eigenvalue weighted by atomic mass is 16.5. The van der Waals surface area contributed by atoms with Crippen molar-refractivity contribution in [1.29, 1.82) is 0 Å². The van der Waals surface area contributed by atoms with Gasteiger partial charge in [-0.2, -0.15) is 0 Å². The number of hydrogen-bond donors (Lipinski definition) is 1. The normalized spacial score (nSPS) is 14.0. The fourth-order valence-electron chi connectivity index (χ4n) is 3.43. The highest BCUT2D eigenvalue weighted by Crippen LogP contribution is 2.23. The molecule has 0 aromatic heterocycles. The van der Waals surface area contributed by atoms with Gasteiger partial charge < -0.3 is 19.9 Å². The van der Waals surface area contributed by atoms with Crippen LogP contribution in [0, 0.1) is 13.8 Å². The van der Waals surface area contributed by atoms with Gasteiger partial charge in [0.15, 0.2) is 0 Å². The summed E-state index contributed by atoms with van der Waals surface area (Å²) in [5.74, 6) is -0.312. The topological polar surface area (TPSA) is 61.9 Å². The number of ether oxygens (including phenoxy) is 1. The van der Waals surface area contributed by atoms with E-state index in [1.54, 1.807) is 13.0 Å². The molecule has 0 spiro atoms. The molecule has 28 heavy (non-hydrogen) atoms. The van der Waals surface area contributed by atoms with Crippen molar-refractivity contribution in [3.05, 3.63) is 59.2 Å². The molecule has 2 amide bonds. The Morgan fingerprint density at radius 2 is 1.75 bits per heavy atom. The van der Waals surface area contributed by atoms with E-state index in [0.717, 1.165) is 16.9 Å². The predicted molar refractivity (Wildman–Crippen MR) is 111 cm³/mol. The lowest BCUT2D eigenvalue weighted by Crippen LogP contribution is -2.50. The third kappa shape index (κ3) is 4.44. The van der Waals surface area contributed by atoms with Gasteiger partial charge in [0.25, 0.3) is 0 Å². The van der Waals surface area contributed by atoms with E-state index in [1.165, 1.54) is 5.56 Å². The summed E-state index contributed by atoms with van der Waals surface area (Å²) >= 11 is 0. The van der Waals surface area contributed by atoms with Crippen molar-refractivity contribution in [1.82, 2.24) is 4.90 Å². The number of anilines is 2. The van der Waals surface area contributed by atoms with Crippen LogP contribution in [0.25, 0.3) is 0 Å². The van der Waals surface area contributed by atoms with Crippen LogP contribution in [-0.4, -0.2) is 49.7 Å². The van der Waals surface area contributed by atoms with Crippen molar-refractivity contribution in [2.75, 3.05) is 43.0 Å². The summed E-state index contributed by atoms with van der Waals surface area (Å²) in [6.45, 7) is 8.68. The lowest BCUT2D eigenvalue weighted by Gasteiger charge is -2.36. The summed E-state index contributed by atoms with van der Waals surface area (Å²) in [7, 11) is 0. The van der Waals surface area contributed by atoms with Gasteiger partial charge in [0, 0.05) is 31.9 Å². The van der Waals surface area contributed by atoms with Crippen molar-refractivity contribution in [3.8, 4) is 0 Å². The van der Waals surface area contributed by atoms with Crippen LogP contribution in [-0.2, 0) is 4.74 Å². The maximum atomic E-state index is 12.6. The average Bonchev–Trinajstić information content (AvgIpc) is 2.70. The standard InChI is InChI=1S/C22H27N3O3/c1-4-28-21(26)18-7-5-6-8-20(18)24-11-13-25(14-12-24)22(27)23-19-10-9-16(2)15-17(19)3/h5-10,15H,4,11-14H2,1-3H3,(H,23,27). The molecule has 2 aromatic carbocycles. The Hall–Kier alpha value is -3.02. The van der Waals surface area contributed by atoms with E-state index in [0.29, 0.717) is 38.3 Å². The van der Waals surface area contributed by atoms with E-state index in [9.17, 15) is 9.59 Å². The van der Waals surface area contributed by atoms with E-state index in [1.807, 2.05) is 49.1 Å². The summed E-state index contributed by atoms with van der Waals surface area (Å²) in [5.41, 5.74) is 4.48. The lowest BCUT2D eigenvalue weighted by molar-refractivity contribution is 0.0527. The SMILES string of the molecule is CCOC(=O)c1ccccc1N1CCN(C(=O)Nc2ccc(C)cc2C)CC1. The number of hydrogen-bond acceptors (Lipinski definition) is 4. The van der Waals surface area contributed by atoms with E-state index < -0.39 is 0 Å². The molecule has 0 radical (unpaired) electrons. The van der Waals surface area contributed by atoms with Gasteiger partial charge in [0.1, 0.15) is 0 Å². The molecular weight excluding hydrogens is 354 g/mol. The number of para-hydroxylation sites is 1. The van der Waals surface area contributed by atoms with Crippen LogP contribution in [0.3, 0.4) is 0 Å². The highest BCUT2D eigenvalue weighted by molar-refractivity contribution is 5.96. The number of nitrogens with zero attached hydrogens (tertiary/aromatic N) is 2. The molecule has 2 aromatic rings. The minimum atomic E-state index is -0.312.